The molecule has 0 atom stereocenters. The monoisotopic (exact) mass is 306 g/mol. The van der Waals surface area contributed by atoms with Gasteiger partial charge in [-0.2, -0.15) is 0 Å². The van der Waals surface area contributed by atoms with Crippen LogP contribution in [-0.4, -0.2) is 19.2 Å². The van der Waals surface area contributed by atoms with Crippen LogP contribution in [0.15, 0.2) is 67.3 Å². The molecule has 0 saturated heterocycles. The molecule has 0 heterocycles. The maximum absolute atomic E-state index is 11.0. The second kappa shape index (κ2) is 7.07. The van der Waals surface area contributed by atoms with Crippen molar-refractivity contribution in [3.05, 3.63) is 72.8 Å². The van der Waals surface area contributed by atoms with E-state index >= 15 is 0 Å². The van der Waals surface area contributed by atoms with Crippen LogP contribution in [0.1, 0.15) is 5.56 Å². The number of rotatable bonds is 6. The van der Waals surface area contributed by atoms with Gasteiger partial charge < -0.3 is 9.47 Å². The molecule has 0 aliphatic rings. The molecule has 0 radical (unpaired) electrons. The van der Waals surface area contributed by atoms with Gasteiger partial charge in [-0.15, -0.1) is 0 Å². The summed E-state index contributed by atoms with van der Waals surface area (Å²) in [7, 11) is 0. The highest BCUT2D eigenvalue weighted by atomic mass is 16.6. The van der Waals surface area contributed by atoms with E-state index in [9.17, 15) is 4.79 Å². The molecule has 116 valence electrons. The smallest absolute Gasteiger partial charge is 0.330 e. The average molecular weight is 306 g/mol. The minimum atomic E-state index is -0.427. The van der Waals surface area contributed by atoms with Crippen LogP contribution in [0.2, 0.25) is 0 Å². The van der Waals surface area contributed by atoms with Crippen molar-refractivity contribution in [1.29, 1.82) is 0 Å². The van der Waals surface area contributed by atoms with Gasteiger partial charge in [-0.05, 0) is 33.2 Å². The third-order valence-corrected chi connectivity index (χ3v) is 3.77. The van der Waals surface area contributed by atoms with Crippen molar-refractivity contribution in [3.63, 3.8) is 0 Å². The van der Waals surface area contributed by atoms with Gasteiger partial charge in [0.2, 0.25) is 0 Å². The minimum Gasteiger partial charge on any atom is -0.460 e. The van der Waals surface area contributed by atoms with Crippen molar-refractivity contribution >= 4 is 27.5 Å². The first-order chi connectivity index (χ1) is 11.3. The normalized spacial score (nSPS) is 10.8. The Morgan fingerprint density at radius 1 is 0.957 bits per heavy atom. The molecule has 0 aliphatic carbocycles. The minimum absolute atomic E-state index is 0.230. The van der Waals surface area contributed by atoms with Crippen molar-refractivity contribution in [3.8, 4) is 0 Å². The van der Waals surface area contributed by atoms with Crippen LogP contribution in [0.5, 0.6) is 0 Å². The summed E-state index contributed by atoms with van der Waals surface area (Å²) in [4.78, 5) is 11.0. The number of hydrogen-bond acceptors (Lipinski definition) is 3. The fraction of sp³-hybridized carbons (Fsp3) is 0.150. The summed E-state index contributed by atoms with van der Waals surface area (Å²) in [5.74, 6) is -0.427. The Morgan fingerprint density at radius 2 is 1.57 bits per heavy atom. The van der Waals surface area contributed by atoms with Gasteiger partial charge in [0.05, 0.1) is 13.2 Å². The topological polar surface area (TPSA) is 35.5 Å². The van der Waals surface area contributed by atoms with Crippen LogP contribution in [0.4, 0.5) is 0 Å². The molecule has 0 aromatic heterocycles. The molecule has 0 unspecified atom stereocenters. The first kappa shape index (κ1) is 15.3. The Balaban J connectivity index is 1.82. The maximum Gasteiger partial charge on any atom is 0.330 e. The number of fused-ring (bicyclic) bond motifs is 2. The Bertz CT molecular complexity index is 798. The SMILES string of the molecule is C=CC(=O)OCCOCc1c2ccccc2cc2ccccc12. The van der Waals surface area contributed by atoms with Gasteiger partial charge in [0.15, 0.2) is 0 Å². The van der Waals surface area contributed by atoms with E-state index in [4.69, 9.17) is 9.47 Å². The van der Waals surface area contributed by atoms with Gasteiger partial charge in [-0.3, -0.25) is 0 Å². The second-order valence-electron chi connectivity index (χ2n) is 5.22. The molecule has 0 N–H and O–H groups in total. The number of carbonyl (C=O) groups excluding carboxylic acids is 1. The third-order valence-electron chi connectivity index (χ3n) is 3.77. The molecule has 3 heteroatoms. The lowest BCUT2D eigenvalue weighted by atomic mass is 9.97. The van der Waals surface area contributed by atoms with Crippen LogP contribution in [0.25, 0.3) is 21.5 Å². The van der Waals surface area contributed by atoms with Crippen molar-refractivity contribution < 1.29 is 14.3 Å². The van der Waals surface area contributed by atoms with Crippen LogP contribution in [0.3, 0.4) is 0 Å². The van der Waals surface area contributed by atoms with Crippen molar-refractivity contribution in [2.45, 2.75) is 6.61 Å². The maximum atomic E-state index is 11.0. The molecule has 0 fully saturated rings. The summed E-state index contributed by atoms with van der Waals surface area (Å²) in [6, 6.07) is 18.8. The first-order valence-corrected chi connectivity index (χ1v) is 7.56. The van der Waals surface area contributed by atoms with Crippen molar-refractivity contribution in [2.75, 3.05) is 13.2 Å². The molecule has 3 aromatic rings. The van der Waals surface area contributed by atoms with Gasteiger partial charge in [-0.1, -0.05) is 55.1 Å². The molecule has 0 spiro atoms. The number of esters is 1. The van der Waals surface area contributed by atoms with Crippen molar-refractivity contribution in [1.82, 2.24) is 0 Å². The highest BCUT2D eigenvalue weighted by molar-refractivity contribution is 6.02. The van der Waals surface area contributed by atoms with Crippen molar-refractivity contribution in [2.24, 2.45) is 0 Å². The third kappa shape index (κ3) is 3.41. The van der Waals surface area contributed by atoms with E-state index in [-0.39, 0.29) is 6.61 Å². The van der Waals surface area contributed by atoms with E-state index in [0.717, 1.165) is 11.6 Å². The summed E-state index contributed by atoms with van der Waals surface area (Å²) in [5, 5.41) is 4.77. The molecule has 23 heavy (non-hydrogen) atoms. The predicted molar refractivity (Wildman–Crippen MR) is 92.3 cm³/mol. The van der Waals surface area contributed by atoms with Crippen LogP contribution in [0, 0.1) is 0 Å². The lowest BCUT2D eigenvalue weighted by Gasteiger charge is -2.12. The van der Waals surface area contributed by atoms with Gasteiger partial charge in [-0.25, -0.2) is 4.79 Å². The summed E-state index contributed by atoms with van der Waals surface area (Å²) in [6.45, 7) is 4.43. The molecular formula is C20H18O3. The Hall–Kier alpha value is -2.65. The summed E-state index contributed by atoms with van der Waals surface area (Å²) in [5.41, 5.74) is 1.16. The fourth-order valence-corrected chi connectivity index (χ4v) is 2.70. The Morgan fingerprint density at radius 3 is 2.17 bits per heavy atom. The number of ether oxygens (including phenoxy) is 2. The van der Waals surface area contributed by atoms with E-state index in [1.807, 2.05) is 24.3 Å². The van der Waals surface area contributed by atoms with Gasteiger partial charge in [0.1, 0.15) is 6.61 Å². The molecule has 0 aliphatic heterocycles. The molecule has 0 amide bonds. The van der Waals surface area contributed by atoms with Gasteiger partial charge in [0, 0.05) is 6.08 Å². The highest BCUT2D eigenvalue weighted by Gasteiger charge is 2.07. The van der Waals surface area contributed by atoms with Crippen LogP contribution >= 0.6 is 0 Å². The Kier molecular flexibility index (Phi) is 4.69. The van der Waals surface area contributed by atoms with E-state index in [1.54, 1.807) is 0 Å². The zero-order valence-electron chi connectivity index (χ0n) is 12.8. The molecule has 3 aromatic carbocycles. The largest absolute Gasteiger partial charge is 0.460 e. The van der Waals surface area contributed by atoms with Gasteiger partial charge in [0.25, 0.3) is 0 Å². The number of carbonyl (C=O) groups is 1. The van der Waals surface area contributed by atoms with Crippen LogP contribution in [-0.2, 0) is 20.9 Å². The van der Waals surface area contributed by atoms with E-state index < -0.39 is 5.97 Å². The molecule has 0 bridgehead atoms. The van der Waals surface area contributed by atoms with E-state index in [0.29, 0.717) is 13.2 Å². The standard InChI is InChI=1S/C20H18O3/c1-2-20(21)23-12-11-22-14-19-17-9-5-3-7-15(17)13-16-8-4-6-10-18(16)19/h2-10,13H,1,11-12,14H2. The number of hydrogen-bond donors (Lipinski definition) is 0. The highest BCUT2D eigenvalue weighted by Crippen LogP contribution is 2.28. The zero-order valence-corrected chi connectivity index (χ0v) is 12.8. The lowest BCUT2D eigenvalue weighted by molar-refractivity contribution is -0.139. The molecule has 0 saturated carbocycles. The summed E-state index contributed by atoms with van der Waals surface area (Å²) in [6.07, 6.45) is 1.15. The fourth-order valence-electron chi connectivity index (χ4n) is 2.70. The number of benzene rings is 3. The second-order valence-corrected chi connectivity index (χ2v) is 5.22. The summed E-state index contributed by atoms with van der Waals surface area (Å²) >= 11 is 0. The van der Waals surface area contributed by atoms with E-state index in [1.165, 1.54) is 21.5 Å². The molecule has 3 nitrogen and oxygen atoms in total. The summed E-state index contributed by atoms with van der Waals surface area (Å²) < 4.78 is 10.6. The van der Waals surface area contributed by atoms with E-state index in [2.05, 4.69) is 36.9 Å². The zero-order chi connectivity index (χ0) is 16.1. The van der Waals surface area contributed by atoms with Gasteiger partial charge >= 0.3 is 5.97 Å². The quantitative estimate of drug-likeness (QED) is 0.296. The van der Waals surface area contributed by atoms with Crippen LogP contribution < -0.4 is 0 Å². The lowest BCUT2D eigenvalue weighted by Crippen LogP contribution is -2.08. The predicted octanol–water partition coefficient (Wildman–Crippen LogP) is 4.24. The molecule has 3 rings (SSSR count). The Labute approximate surface area is 135 Å². The molecular weight excluding hydrogens is 288 g/mol. The average Bonchev–Trinajstić information content (AvgIpc) is 2.60. The first-order valence-electron chi connectivity index (χ1n) is 7.56.